The number of carbonyl (C=O) groups is 3. The van der Waals surface area contributed by atoms with Gasteiger partial charge < -0.3 is 15.5 Å². The molecule has 6 nitrogen and oxygen atoms in total. The second kappa shape index (κ2) is 7.95. The maximum Gasteiger partial charge on any atom is 0.253 e. The minimum Gasteiger partial charge on any atom is -0.359 e. The lowest BCUT2D eigenvalue weighted by Gasteiger charge is -2.17. The summed E-state index contributed by atoms with van der Waals surface area (Å²) < 4.78 is 0. The van der Waals surface area contributed by atoms with Gasteiger partial charge in [0.25, 0.3) is 5.91 Å². The summed E-state index contributed by atoms with van der Waals surface area (Å²) in [6.07, 6.45) is 1.29. The molecule has 0 aromatic heterocycles. The Morgan fingerprint density at radius 2 is 2.04 bits per heavy atom. The molecule has 1 aromatic rings. The molecule has 24 heavy (non-hydrogen) atoms. The Morgan fingerprint density at radius 1 is 1.29 bits per heavy atom. The summed E-state index contributed by atoms with van der Waals surface area (Å²) in [5.74, 6) is -0.0414. The zero-order valence-corrected chi connectivity index (χ0v) is 14.5. The average Bonchev–Trinajstić information content (AvgIpc) is 3.02. The van der Waals surface area contributed by atoms with Crippen molar-refractivity contribution >= 4 is 23.4 Å². The van der Waals surface area contributed by atoms with Crippen molar-refractivity contribution in [2.24, 2.45) is 11.8 Å². The molecule has 1 fully saturated rings. The van der Waals surface area contributed by atoms with E-state index in [0.717, 1.165) is 6.42 Å². The van der Waals surface area contributed by atoms with Gasteiger partial charge in [0.15, 0.2) is 0 Å². The first kappa shape index (κ1) is 18.0. The first-order valence-electron chi connectivity index (χ1n) is 8.31. The Hall–Kier alpha value is -2.37. The third-order valence-corrected chi connectivity index (χ3v) is 4.23. The van der Waals surface area contributed by atoms with Crippen LogP contribution >= 0.6 is 0 Å². The summed E-state index contributed by atoms with van der Waals surface area (Å²) in [6, 6.07) is 6.99. The normalized spacial score (nSPS) is 17.0. The molecule has 1 heterocycles. The SMILES string of the molecule is CNC(=O)CC1CCN(C(=O)c2cccc(NC(=O)C(C)C)c2)C1. The number of nitrogens with zero attached hydrogens (tertiary/aromatic N) is 1. The number of benzene rings is 1. The molecular weight excluding hydrogens is 306 g/mol. The zero-order chi connectivity index (χ0) is 17.7. The van der Waals surface area contributed by atoms with Gasteiger partial charge in [-0.3, -0.25) is 14.4 Å². The number of anilines is 1. The molecule has 1 aliphatic heterocycles. The monoisotopic (exact) mass is 331 g/mol. The first-order chi connectivity index (χ1) is 11.4. The predicted molar refractivity (Wildman–Crippen MR) is 92.6 cm³/mol. The van der Waals surface area contributed by atoms with Gasteiger partial charge in [-0.05, 0) is 30.5 Å². The number of hydrogen-bond acceptors (Lipinski definition) is 3. The van der Waals surface area contributed by atoms with Crippen LogP contribution in [0.15, 0.2) is 24.3 Å². The Labute approximate surface area is 142 Å². The summed E-state index contributed by atoms with van der Waals surface area (Å²) >= 11 is 0. The number of amides is 3. The fraction of sp³-hybridized carbons (Fsp3) is 0.500. The Balaban J connectivity index is 2.00. The lowest BCUT2D eigenvalue weighted by Crippen LogP contribution is -2.30. The van der Waals surface area contributed by atoms with Crippen LogP contribution in [0.2, 0.25) is 0 Å². The molecular formula is C18H25N3O3. The van der Waals surface area contributed by atoms with Crippen molar-refractivity contribution in [1.29, 1.82) is 0 Å². The van der Waals surface area contributed by atoms with Gasteiger partial charge in [-0.25, -0.2) is 0 Å². The van der Waals surface area contributed by atoms with Crippen LogP contribution in [0.4, 0.5) is 5.69 Å². The largest absolute Gasteiger partial charge is 0.359 e. The van der Waals surface area contributed by atoms with Crippen molar-refractivity contribution < 1.29 is 14.4 Å². The van der Waals surface area contributed by atoms with E-state index in [1.165, 1.54) is 0 Å². The molecule has 1 atom stereocenters. The van der Waals surface area contributed by atoms with E-state index in [1.54, 1.807) is 36.2 Å². The molecule has 0 aliphatic carbocycles. The number of hydrogen-bond donors (Lipinski definition) is 2. The van der Waals surface area contributed by atoms with Crippen LogP contribution in [-0.4, -0.2) is 42.8 Å². The molecule has 130 valence electrons. The van der Waals surface area contributed by atoms with Crippen molar-refractivity contribution in [3.8, 4) is 0 Å². The van der Waals surface area contributed by atoms with E-state index in [-0.39, 0.29) is 29.6 Å². The highest BCUT2D eigenvalue weighted by Crippen LogP contribution is 2.22. The standard InChI is InChI=1S/C18H25N3O3/c1-12(2)17(23)20-15-6-4-5-14(10-15)18(24)21-8-7-13(11-21)9-16(22)19-3/h4-6,10,12-13H,7-9,11H2,1-3H3,(H,19,22)(H,20,23). The average molecular weight is 331 g/mol. The van der Waals surface area contributed by atoms with E-state index in [0.29, 0.717) is 30.8 Å². The van der Waals surface area contributed by atoms with Gasteiger partial charge >= 0.3 is 0 Å². The third-order valence-electron chi connectivity index (χ3n) is 4.23. The molecule has 0 spiro atoms. The maximum absolute atomic E-state index is 12.6. The maximum atomic E-state index is 12.6. The number of likely N-dealkylation sites (tertiary alicyclic amines) is 1. The molecule has 0 radical (unpaired) electrons. The van der Waals surface area contributed by atoms with E-state index in [4.69, 9.17) is 0 Å². The lowest BCUT2D eigenvalue weighted by atomic mass is 10.0. The van der Waals surface area contributed by atoms with Crippen molar-refractivity contribution in [2.45, 2.75) is 26.7 Å². The summed E-state index contributed by atoms with van der Waals surface area (Å²) in [5.41, 5.74) is 1.18. The molecule has 1 aromatic carbocycles. The number of rotatable bonds is 5. The second-order valence-electron chi connectivity index (χ2n) is 6.51. The van der Waals surface area contributed by atoms with Crippen LogP contribution in [0.5, 0.6) is 0 Å². The number of nitrogens with one attached hydrogen (secondary N) is 2. The van der Waals surface area contributed by atoms with Crippen molar-refractivity contribution in [1.82, 2.24) is 10.2 Å². The topological polar surface area (TPSA) is 78.5 Å². The van der Waals surface area contributed by atoms with Gasteiger partial charge in [0, 0.05) is 43.7 Å². The zero-order valence-electron chi connectivity index (χ0n) is 14.5. The highest BCUT2D eigenvalue weighted by atomic mass is 16.2. The van der Waals surface area contributed by atoms with Crippen LogP contribution < -0.4 is 10.6 Å². The van der Waals surface area contributed by atoms with E-state index in [9.17, 15) is 14.4 Å². The van der Waals surface area contributed by atoms with Gasteiger partial charge in [-0.1, -0.05) is 19.9 Å². The smallest absolute Gasteiger partial charge is 0.253 e. The van der Waals surface area contributed by atoms with Gasteiger partial charge in [0.1, 0.15) is 0 Å². The Bertz CT molecular complexity index is 628. The summed E-state index contributed by atoms with van der Waals surface area (Å²) in [5, 5.41) is 5.43. The highest BCUT2D eigenvalue weighted by molar-refractivity contribution is 5.97. The van der Waals surface area contributed by atoms with Gasteiger partial charge in [-0.2, -0.15) is 0 Å². The van der Waals surface area contributed by atoms with E-state index >= 15 is 0 Å². The lowest BCUT2D eigenvalue weighted by molar-refractivity contribution is -0.121. The molecule has 2 rings (SSSR count). The minimum atomic E-state index is -0.117. The molecule has 3 amide bonds. The number of carbonyl (C=O) groups excluding carboxylic acids is 3. The van der Waals surface area contributed by atoms with Crippen molar-refractivity contribution in [3.63, 3.8) is 0 Å². The van der Waals surface area contributed by atoms with Gasteiger partial charge in [0.05, 0.1) is 0 Å². The second-order valence-corrected chi connectivity index (χ2v) is 6.51. The van der Waals surface area contributed by atoms with Crippen LogP contribution in [0.3, 0.4) is 0 Å². The van der Waals surface area contributed by atoms with E-state index < -0.39 is 0 Å². The van der Waals surface area contributed by atoms with Crippen molar-refractivity contribution in [2.75, 3.05) is 25.5 Å². The van der Waals surface area contributed by atoms with Crippen LogP contribution in [0, 0.1) is 11.8 Å². The van der Waals surface area contributed by atoms with Gasteiger partial charge in [-0.15, -0.1) is 0 Å². The summed E-state index contributed by atoms with van der Waals surface area (Å²) in [7, 11) is 1.62. The Kier molecular flexibility index (Phi) is 5.95. The Morgan fingerprint density at radius 3 is 2.71 bits per heavy atom. The highest BCUT2D eigenvalue weighted by Gasteiger charge is 2.28. The first-order valence-corrected chi connectivity index (χ1v) is 8.31. The van der Waals surface area contributed by atoms with E-state index in [2.05, 4.69) is 10.6 Å². The molecule has 1 unspecified atom stereocenters. The fourth-order valence-electron chi connectivity index (χ4n) is 2.75. The molecule has 1 saturated heterocycles. The molecule has 0 saturated carbocycles. The minimum absolute atomic E-state index is 0.00712. The van der Waals surface area contributed by atoms with Crippen LogP contribution in [-0.2, 0) is 9.59 Å². The summed E-state index contributed by atoms with van der Waals surface area (Å²) in [4.78, 5) is 37.6. The quantitative estimate of drug-likeness (QED) is 0.865. The molecule has 1 aliphatic rings. The molecule has 2 N–H and O–H groups in total. The van der Waals surface area contributed by atoms with Crippen molar-refractivity contribution in [3.05, 3.63) is 29.8 Å². The summed E-state index contributed by atoms with van der Waals surface area (Å²) in [6.45, 7) is 4.89. The molecule has 6 heteroatoms. The van der Waals surface area contributed by atoms with Crippen LogP contribution in [0.1, 0.15) is 37.0 Å². The van der Waals surface area contributed by atoms with Gasteiger partial charge in [0.2, 0.25) is 11.8 Å². The van der Waals surface area contributed by atoms with Crippen LogP contribution in [0.25, 0.3) is 0 Å². The van der Waals surface area contributed by atoms with E-state index in [1.807, 2.05) is 13.8 Å². The third kappa shape index (κ3) is 4.57. The predicted octanol–water partition coefficient (Wildman–Crippen LogP) is 1.88. The molecule has 0 bridgehead atoms. The fourth-order valence-corrected chi connectivity index (χ4v) is 2.75.